The van der Waals surface area contributed by atoms with Gasteiger partial charge >= 0.3 is 5.97 Å². The fourth-order valence-corrected chi connectivity index (χ4v) is 1.82. The molecule has 3 N–H and O–H groups in total. The number of aldehydes is 1. The third kappa shape index (κ3) is 2.37. The van der Waals surface area contributed by atoms with Crippen LogP contribution in [-0.4, -0.2) is 23.4 Å². The summed E-state index contributed by atoms with van der Waals surface area (Å²) in [6.07, 6.45) is 0.918. The zero-order valence-corrected chi connectivity index (χ0v) is 7.58. The van der Waals surface area contributed by atoms with Crippen LogP contribution in [0, 0.1) is 0 Å². The lowest BCUT2D eigenvalue weighted by Crippen LogP contribution is -2.32. The molecule has 0 aliphatic rings. The van der Waals surface area contributed by atoms with Crippen LogP contribution in [0.2, 0.25) is 0 Å². The molecule has 5 heteroatoms. The smallest absolute Gasteiger partial charge is 0.320 e. The molecule has 70 valence electrons. The van der Waals surface area contributed by atoms with Crippen molar-refractivity contribution in [2.45, 2.75) is 12.5 Å². The van der Waals surface area contributed by atoms with Gasteiger partial charge in [0, 0.05) is 16.9 Å². The Balaban J connectivity index is 2.73. The summed E-state index contributed by atoms with van der Waals surface area (Å²) in [5.74, 6) is -1.05. The SMILES string of the molecule is NC(Cc1sccc1C=O)C(=O)O. The van der Waals surface area contributed by atoms with Crippen LogP contribution >= 0.6 is 11.3 Å². The van der Waals surface area contributed by atoms with E-state index in [0.29, 0.717) is 11.8 Å². The van der Waals surface area contributed by atoms with E-state index in [9.17, 15) is 9.59 Å². The molecule has 0 fully saturated rings. The number of carboxylic acid groups (broad SMARTS) is 1. The van der Waals surface area contributed by atoms with Gasteiger partial charge in [-0.15, -0.1) is 11.3 Å². The minimum atomic E-state index is -1.05. The minimum absolute atomic E-state index is 0.209. The largest absolute Gasteiger partial charge is 0.480 e. The zero-order valence-electron chi connectivity index (χ0n) is 6.77. The summed E-state index contributed by atoms with van der Waals surface area (Å²) >= 11 is 1.35. The van der Waals surface area contributed by atoms with Gasteiger partial charge in [0.2, 0.25) is 0 Å². The lowest BCUT2D eigenvalue weighted by molar-refractivity contribution is -0.138. The first kappa shape index (κ1) is 9.88. The standard InChI is InChI=1S/C8H9NO3S/c9-6(8(11)12)3-7-5(4-10)1-2-13-7/h1-2,4,6H,3,9H2,(H,11,12). The number of hydrogen-bond acceptors (Lipinski definition) is 4. The summed E-state index contributed by atoms with van der Waals surface area (Å²) in [5, 5.41) is 10.3. The number of carbonyl (C=O) groups is 2. The van der Waals surface area contributed by atoms with Crippen molar-refractivity contribution in [1.29, 1.82) is 0 Å². The van der Waals surface area contributed by atoms with Crippen molar-refractivity contribution in [2.75, 3.05) is 0 Å². The van der Waals surface area contributed by atoms with Crippen LogP contribution in [0.4, 0.5) is 0 Å². The third-order valence-corrected chi connectivity index (χ3v) is 2.59. The zero-order chi connectivity index (χ0) is 9.84. The van der Waals surface area contributed by atoms with E-state index in [4.69, 9.17) is 10.8 Å². The number of hydrogen-bond donors (Lipinski definition) is 2. The monoisotopic (exact) mass is 199 g/mol. The first-order valence-corrected chi connectivity index (χ1v) is 4.53. The van der Waals surface area contributed by atoms with E-state index in [1.165, 1.54) is 11.3 Å². The molecule has 1 aromatic heterocycles. The Bertz CT molecular complexity index is 321. The van der Waals surface area contributed by atoms with Crippen molar-refractivity contribution in [3.8, 4) is 0 Å². The van der Waals surface area contributed by atoms with Crippen LogP contribution in [-0.2, 0) is 11.2 Å². The van der Waals surface area contributed by atoms with Gasteiger partial charge in [0.05, 0.1) is 0 Å². The maximum Gasteiger partial charge on any atom is 0.320 e. The molecule has 0 radical (unpaired) electrons. The fourth-order valence-electron chi connectivity index (χ4n) is 0.908. The molecule has 0 saturated carbocycles. The lowest BCUT2D eigenvalue weighted by atomic mass is 10.1. The first-order valence-electron chi connectivity index (χ1n) is 3.65. The van der Waals surface area contributed by atoms with Crippen LogP contribution in [0.15, 0.2) is 11.4 Å². The van der Waals surface area contributed by atoms with Gasteiger partial charge in [-0.1, -0.05) is 0 Å². The van der Waals surface area contributed by atoms with Gasteiger partial charge in [0.15, 0.2) is 6.29 Å². The van der Waals surface area contributed by atoms with Crippen molar-refractivity contribution >= 4 is 23.6 Å². The average Bonchev–Trinajstić information content (AvgIpc) is 2.51. The van der Waals surface area contributed by atoms with E-state index in [2.05, 4.69) is 0 Å². The highest BCUT2D eigenvalue weighted by atomic mass is 32.1. The van der Waals surface area contributed by atoms with E-state index in [0.717, 1.165) is 4.88 Å². The molecule has 1 unspecified atom stereocenters. The average molecular weight is 199 g/mol. The van der Waals surface area contributed by atoms with Crippen molar-refractivity contribution in [3.05, 3.63) is 21.9 Å². The Labute approximate surface area is 79.0 Å². The van der Waals surface area contributed by atoms with Crippen LogP contribution in [0.5, 0.6) is 0 Å². The minimum Gasteiger partial charge on any atom is -0.480 e. The van der Waals surface area contributed by atoms with Crippen LogP contribution in [0.25, 0.3) is 0 Å². The molecular formula is C8H9NO3S. The van der Waals surface area contributed by atoms with Gasteiger partial charge in [-0.05, 0) is 11.4 Å². The predicted octanol–water partition coefficient (Wildman–Crippen LogP) is 0.515. The van der Waals surface area contributed by atoms with Crippen LogP contribution in [0.1, 0.15) is 15.2 Å². The van der Waals surface area contributed by atoms with E-state index < -0.39 is 12.0 Å². The van der Waals surface area contributed by atoms with Crippen LogP contribution < -0.4 is 5.73 Å². The quantitative estimate of drug-likeness (QED) is 0.692. The first-order chi connectivity index (χ1) is 6.15. The second-order valence-electron chi connectivity index (χ2n) is 2.57. The number of aliphatic carboxylic acids is 1. The Hall–Kier alpha value is -1.20. The van der Waals surface area contributed by atoms with Gasteiger partial charge in [0.1, 0.15) is 6.04 Å². The normalized spacial score (nSPS) is 12.4. The lowest BCUT2D eigenvalue weighted by Gasteiger charge is -2.03. The molecule has 1 aromatic rings. The molecule has 0 amide bonds. The van der Waals surface area contributed by atoms with Crippen molar-refractivity contribution in [1.82, 2.24) is 0 Å². The molecule has 4 nitrogen and oxygen atoms in total. The maximum atomic E-state index is 10.5. The number of carbonyl (C=O) groups excluding carboxylic acids is 1. The van der Waals surface area contributed by atoms with Crippen LogP contribution in [0.3, 0.4) is 0 Å². The molecule has 0 spiro atoms. The molecule has 0 aliphatic heterocycles. The molecule has 1 rings (SSSR count). The molecule has 0 saturated heterocycles. The Morgan fingerprint density at radius 1 is 1.77 bits per heavy atom. The number of rotatable bonds is 4. The highest BCUT2D eigenvalue weighted by molar-refractivity contribution is 7.10. The predicted molar refractivity (Wildman–Crippen MR) is 49.0 cm³/mol. The maximum absolute atomic E-state index is 10.5. The van der Waals surface area contributed by atoms with Gasteiger partial charge < -0.3 is 10.8 Å². The summed E-state index contributed by atoms with van der Waals surface area (Å²) < 4.78 is 0. The summed E-state index contributed by atoms with van der Waals surface area (Å²) in [5.41, 5.74) is 5.85. The van der Waals surface area contributed by atoms with E-state index in [1.54, 1.807) is 11.4 Å². The second-order valence-corrected chi connectivity index (χ2v) is 3.57. The molecule has 0 aromatic carbocycles. The molecule has 1 atom stereocenters. The van der Waals surface area contributed by atoms with Gasteiger partial charge in [-0.25, -0.2) is 0 Å². The molecule has 1 heterocycles. The van der Waals surface area contributed by atoms with Gasteiger partial charge in [-0.2, -0.15) is 0 Å². The third-order valence-electron chi connectivity index (χ3n) is 1.63. The highest BCUT2D eigenvalue weighted by Crippen LogP contribution is 2.16. The summed E-state index contributed by atoms with van der Waals surface area (Å²) in [6.45, 7) is 0. The summed E-state index contributed by atoms with van der Waals surface area (Å²) in [6, 6.07) is 0.721. The number of nitrogens with two attached hydrogens (primary N) is 1. The van der Waals surface area contributed by atoms with E-state index >= 15 is 0 Å². The molecular weight excluding hydrogens is 190 g/mol. The summed E-state index contributed by atoms with van der Waals surface area (Å²) in [4.78, 5) is 21.6. The van der Waals surface area contributed by atoms with Crippen molar-refractivity contribution < 1.29 is 14.7 Å². The Morgan fingerprint density at radius 3 is 3.00 bits per heavy atom. The van der Waals surface area contributed by atoms with Gasteiger partial charge in [0.25, 0.3) is 0 Å². The Kier molecular flexibility index (Phi) is 3.16. The number of carboxylic acids is 1. The topological polar surface area (TPSA) is 80.4 Å². The molecule has 0 aliphatic carbocycles. The van der Waals surface area contributed by atoms with E-state index in [1.807, 2.05) is 0 Å². The molecule has 0 bridgehead atoms. The van der Waals surface area contributed by atoms with Crippen molar-refractivity contribution in [2.24, 2.45) is 5.73 Å². The fraction of sp³-hybridized carbons (Fsp3) is 0.250. The number of thiophene rings is 1. The summed E-state index contributed by atoms with van der Waals surface area (Å²) in [7, 11) is 0. The van der Waals surface area contributed by atoms with Gasteiger partial charge in [-0.3, -0.25) is 9.59 Å². The van der Waals surface area contributed by atoms with Crippen molar-refractivity contribution in [3.63, 3.8) is 0 Å². The molecule has 13 heavy (non-hydrogen) atoms. The second kappa shape index (κ2) is 4.15. The van der Waals surface area contributed by atoms with E-state index in [-0.39, 0.29) is 6.42 Å². The Morgan fingerprint density at radius 2 is 2.46 bits per heavy atom. The highest BCUT2D eigenvalue weighted by Gasteiger charge is 2.14.